The Balaban J connectivity index is 0.901. The van der Waals surface area contributed by atoms with Gasteiger partial charge in [0.2, 0.25) is 0 Å². The monoisotopic (exact) mass is 971 g/mol. The van der Waals surface area contributed by atoms with Crippen molar-refractivity contribution in [1.82, 2.24) is 0 Å². The predicted octanol–water partition coefficient (Wildman–Crippen LogP) is 20.5. The number of rotatable bonds is 10. The van der Waals surface area contributed by atoms with E-state index in [1.807, 2.05) is 0 Å². The summed E-state index contributed by atoms with van der Waals surface area (Å²) >= 11 is 0. The molecule has 12 aromatic rings. The SMILES string of the molecule is c1ccc(C2(c3ccccc3)c3ccccc3-c3c(-c4ccc(N(c5ccc(-c6ccc(-c7cccc8ccccc78)cc6)cc5)c5ccccc5-c5cccc6cccc(C7CCCCC7)c56)cc4)cccc32)cc1. The van der Waals surface area contributed by atoms with Gasteiger partial charge in [-0.05, 0) is 149 Å². The molecule has 2 aliphatic rings. The lowest BCUT2D eigenvalue weighted by Crippen LogP contribution is -2.28. The molecule has 14 rings (SSSR count). The highest BCUT2D eigenvalue weighted by Gasteiger charge is 2.46. The van der Waals surface area contributed by atoms with Crippen molar-refractivity contribution in [2.24, 2.45) is 0 Å². The van der Waals surface area contributed by atoms with E-state index >= 15 is 0 Å². The van der Waals surface area contributed by atoms with Crippen LogP contribution in [0.4, 0.5) is 17.1 Å². The van der Waals surface area contributed by atoms with Crippen LogP contribution in [0.3, 0.4) is 0 Å². The quantitative estimate of drug-likeness (QED) is 0.132. The van der Waals surface area contributed by atoms with E-state index in [0.717, 1.165) is 17.1 Å². The van der Waals surface area contributed by atoms with Crippen molar-refractivity contribution < 1.29 is 0 Å². The summed E-state index contributed by atoms with van der Waals surface area (Å²) in [6.07, 6.45) is 6.44. The molecule has 0 atom stereocenters. The Labute approximate surface area is 447 Å². The molecular weight excluding hydrogens is 915 g/mol. The van der Waals surface area contributed by atoms with Crippen molar-refractivity contribution >= 4 is 38.6 Å². The molecule has 0 N–H and O–H groups in total. The van der Waals surface area contributed by atoms with Crippen LogP contribution in [0.1, 0.15) is 65.8 Å². The van der Waals surface area contributed by atoms with E-state index < -0.39 is 5.41 Å². The van der Waals surface area contributed by atoms with Gasteiger partial charge in [-0.25, -0.2) is 0 Å². The summed E-state index contributed by atoms with van der Waals surface area (Å²) in [5.74, 6) is 0.569. The van der Waals surface area contributed by atoms with Crippen LogP contribution in [0.25, 0.3) is 77.2 Å². The van der Waals surface area contributed by atoms with E-state index in [-0.39, 0.29) is 0 Å². The molecule has 0 amide bonds. The van der Waals surface area contributed by atoms with Gasteiger partial charge in [-0.3, -0.25) is 0 Å². The molecule has 1 heteroatoms. The van der Waals surface area contributed by atoms with Gasteiger partial charge in [-0.1, -0.05) is 268 Å². The van der Waals surface area contributed by atoms with Gasteiger partial charge in [-0.15, -0.1) is 0 Å². The highest BCUT2D eigenvalue weighted by molar-refractivity contribution is 6.04. The normalized spacial score (nSPS) is 13.8. The smallest absolute Gasteiger partial charge is 0.0713 e. The molecule has 1 saturated carbocycles. The van der Waals surface area contributed by atoms with Gasteiger partial charge in [-0.2, -0.15) is 0 Å². The molecule has 0 spiro atoms. The molecule has 0 aliphatic heterocycles. The van der Waals surface area contributed by atoms with Gasteiger partial charge in [0.25, 0.3) is 0 Å². The van der Waals surface area contributed by atoms with Gasteiger partial charge < -0.3 is 4.90 Å². The van der Waals surface area contributed by atoms with Crippen LogP contribution in [-0.2, 0) is 5.41 Å². The molecule has 0 bridgehead atoms. The molecule has 0 saturated heterocycles. The van der Waals surface area contributed by atoms with Crippen molar-refractivity contribution in [2.45, 2.75) is 43.4 Å². The average Bonchev–Trinajstić information content (AvgIpc) is 3.82. The summed E-state index contributed by atoms with van der Waals surface area (Å²) < 4.78 is 0. The van der Waals surface area contributed by atoms with Crippen LogP contribution < -0.4 is 4.90 Å². The molecule has 76 heavy (non-hydrogen) atoms. The van der Waals surface area contributed by atoms with Gasteiger partial charge in [0.1, 0.15) is 0 Å². The van der Waals surface area contributed by atoms with Crippen LogP contribution in [0.5, 0.6) is 0 Å². The van der Waals surface area contributed by atoms with Gasteiger partial charge in [0.05, 0.1) is 11.1 Å². The zero-order valence-corrected chi connectivity index (χ0v) is 42.6. The third-order valence-corrected chi connectivity index (χ3v) is 16.8. The predicted molar refractivity (Wildman–Crippen MR) is 321 cm³/mol. The second kappa shape index (κ2) is 19.3. The molecule has 1 nitrogen and oxygen atoms in total. The van der Waals surface area contributed by atoms with Crippen molar-refractivity contribution in [3.63, 3.8) is 0 Å². The number of nitrogens with zero attached hydrogens (tertiary/aromatic N) is 1. The molecular formula is C75H57N. The van der Waals surface area contributed by atoms with Crippen LogP contribution in [0, 0.1) is 0 Å². The second-order valence-electron chi connectivity index (χ2n) is 20.9. The molecule has 0 radical (unpaired) electrons. The molecule has 362 valence electrons. The highest BCUT2D eigenvalue weighted by atomic mass is 15.1. The number of hydrogen-bond donors (Lipinski definition) is 0. The van der Waals surface area contributed by atoms with E-state index in [1.54, 1.807) is 0 Å². The third kappa shape index (κ3) is 7.68. The Morgan fingerprint density at radius 3 is 1.50 bits per heavy atom. The zero-order chi connectivity index (χ0) is 50.4. The highest BCUT2D eigenvalue weighted by Crippen LogP contribution is 2.58. The summed E-state index contributed by atoms with van der Waals surface area (Å²) in [7, 11) is 0. The van der Waals surface area contributed by atoms with Crippen molar-refractivity contribution in [3.8, 4) is 55.6 Å². The molecule has 0 heterocycles. The first-order chi connectivity index (χ1) is 37.7. The standard InChI is InChI=1S/C75H57N/c1-4-20-55(21-5-1)65-34-17-24-58-25-18-36-68(73(58)65)67-31-13-15-39-72(67)76(61-48-44-53(45-49-61)52-40-42-56(43-41-52)64-33-16-23-54-22-10-11-30-63(54)64)62-50-46-57(47-51-62)66-35-19-38-71-74(66)69-32-12-14-37-70(69)75(71,59-26-6-2-7-27-59)60-28-8-3-9-29-60/h2-3,6-19,22-51,55H,1,4-5,20-21H2. The Morgan fingerprint density at radius 1 is 0.316 bits per heavy atom. The number of para-hydroxylation sites is 1. The lowest BCUT2D eigenvalue weighted by Gasteiger charge is -2.34. The molecule has 0 aromatic heterocycles. The van der Waals surface area contributed by atoms with Gasteiger partial charge in [0.15, 0.2) is 0 Å². The maximum Gasteiger partial charge on any atom is 0.0713 e. The van der Waals surface area contributed by atoms with E-state index in [2.05, 4.69) is 284 Å². The lowest BCUT2D eigenvalue weighted by atomic mass is 9.67. The van der Waals surface area contributed by atoms with E-state index in [0.29, 0.717) is 5.92 Å². The van der Waals surface area contributed by atoms with Crippen LogP contribution in [0.15, 0.2) is 279 Å². The van der Waals surface area contributed by atoms with E-state index in [9.17, 15) is 0 Å². The fourth-order valence-electron chi connectivity index (χ4n) is 13.3. The minimum absolute atomic E-state index is 0.464. The first-order valence-electron chi connectivity index (χ1n) is 27.3. The molecule has 12 aromatic carbocycles. The van der Waals surface area contributed by atoms with Crippen LogP contribution >= 0.6 is 0 Å². The maximum atomic E-state index is 2.48. The number of anilines is 3. The Kier molecular flexibility index (Phi) is 11.6. The minimum Gasteiger partial charge on any atom is -0.310 e. The lowest BCUT2D eigenvalue weighted by molar-refractivity contribution is 0.445. The van der Waals surface area contributed by atoms with E-state index in [4.69, 9.17) is 0 Å². The number of fused-ring (bicyclic) bond motifs is 5. The topological polar surface area (TPSA) is 3.24 Å². The Morgan fingerprint density at radius 2 is 0.789 bits per heavy atom. The largest absolute Gasteiger partial charge is 0.310 e. The first kappa shape index (κ1) is 45.6. The molecule has 2 aliphatic carbocycles. The number of benzene rings is 12. The Hall–Kier alpha value is -9.04. The maximum absolute atomic E-state index is 2.48. The summed E-state index contributed by atoms with van der Waals surface area (Å²) in [5, 5.41) is 5.23. The van der Waals surface area contributed by atoms with Gasteiger partial charge in [0, 0.05) is 16.9 Å². The first-order valence-corrected chi connectivity index (χ1v) is 27.3. The summed E-state index contributed by atoms with van der Waals surface area (Å²) in [6, 6.07) is 104. The van der Waals surface area contributed by atoms with Crippen LogP contribution in [0.2, 0.25) is 0 Å². The Bertz CT molecular complexity index is 4000. The minimum atomic E-state index is -0.464. The van der Waals surface area contributed by atoms with Crippen molar-refractivity contribution in [1.29, 1.82) is 0 Å². The molecule has 1 fully saturated rings. The third-order valence-electron chi connectivity index (χ3n) is 16.8. The fourth-order valence-corrected chi connectivity index (χ4v) is 13.3. The second-order valence-corrected chi connectivity index (χ2v) is 20.9. The molecule has 0 unspecified atom stereocenters. The summed E-state index contributed by atoms with van der Waals surface area (Å²) in [5.41, 5.74) is 21.9. The summed E-state index contributed by atoms with van der Waals surface area (Å²) in [4.78, 5) is 2.48. The summed E-state index contributed by atoms with van der Waals surface area (Å²) in [6.45, 7) is 0. The van der Waals surface area contributed by atoms with Gasteiger partial charge >= 0.3 is 0 Å². The average molecular weight is 972 g/mol. The van der Waals surface area contributed by atoms with Crippen molar-refractivity contribution in [2.75, 3.05) is 4.90 Å². The van der Waals surface area contributed by atoms with Crippen molar-refractivity contribution in [3.05, 3.63) is 307 Å². The number of hydrogen-bond acceptors (Lipinski definition) is 1. The van der Waals surface area contributed by atoms with E-state index in [1.165, 1.54) is 137 Å². The fraction of sp³-hybridized carbons (Fsp3) is 0.0933. The van der Waals surface area contributed by atoms with Crippen LogP contribution in [-0.4, -0.2) is 0 Å². The zero-order valence-electron chi connectivity index (χ0n) is 42.6.